The Morgan fingerprint density at radius 2 is 1.72 bits per heavy atom. The van der Waals surface area contributed by atoms with Crippen molar-refractivity contribution in [2.24, 2.45) is 0 Å². The summed E-state index contributed by atoms with van der Waals surface area (Å²) in [6.07, 6.45) is 0. The van der Waals surface area contributed by atoms with Crippen LogP contribution in [-0.4, -0.2) is 20.0 Å². The van der Waals surface area contributed by atoms with E-state index in [2.05, 4.69) is 6.58 Å². The first-order chi connectivity index (χ1) is 8.18. The van der Waals surface area contributed by atoms with E-state index in [-0.39, 0.29) is 9.80 Å². The lowest BCUT2D eigenvalue weighted by atomic mass is 10.1. The second-order valence-corrected chi connectivity index (χ2v) is 6.31. The number of hydrogen-bond donors (Lipinski definition) is 0. The minimum atomic E-state index is -3.71. The fourth-order valence-corrected chi connectivity index (χ4v) is 2.97. The number of carbonyl (C=O) groups excluding carboxylic acids is 1. The van der Waals surface area contributed by atoms with Gasteiger partial charge < -0.3 is 4.74 Å². The summed E-state index contributed by atoms with van der Waals surface area (Å²) in [4.78, 5) is 11.0. The SMILES string of the molecule is C=C(C(C)(C)OC(C)=O)S(=O)(=O)c1ccccc1. The molecule has 98 valence electrons. The number of ether oxygens (including phenoxy) is 1. The maximum atomic E-state index is 12.3. The van der Waals surface area contributed by atoms with E-state index in [4.69, 9.17) is 4.74 Å². The summed E-state index contributed by atoms with van der Waals surface area (Å²) in [6.45, 7) is 7.78. The van der Waals surface area contributed by atoms with Crippen LogP contribution < -0.4 is 0 Å². The molecule has 18 heavy (non-hydrogen) atoms. The van der Waals surface area contributed by atoms with Crippen LogP contribution in [0.2, 0.25) is 0 Å². The summed E-state index contributed by atoms with van der Waals surface area (Å²) in [7, 11) is -3.71. The number of esters is 1. The zero-order valence-corrected chi connectivity index (χ0v) is 11.5. The Morgan fingerprint density at radius 3 is 2.17 bits per heavy atom. The van der Waals surface area contributed by atoms with Crippen LogP contribution in [0.25, 0.3) is 0 Å². The van der Waals surface area contributed by atoms with Crippen molar-refractivity contribution in [2.45, 2.75) is 31.3 Å². The predicted molar refractivity (Wildman–Crippen MR) is 68.6 cm³/mol. The zero-order valence-electron chi connectivity index (χ0n) is 10.6. The fourth-order valence-electron chi connectivity index (χ4n) is 1.48. The van der Waals surface area contributed by atoms with Gasteiger partial charge in [0.05, 0.1) is 9.80 Å². The molecule has 0 saturated carbocycles. The van der Waals surface area contributed by atoms with Crippen LogP contribution in [0.15, 0.2) is 46.7 Å². The van der Waals surface area contributed by atoms with Crippen LogP contribution in [0.3, 0.4) is 0 Å². The average molecular weight is 268 g/mol. The molecule has 0 radical (unpaired) electrons. The average Bonchev–Trinajstić information content (AvgIpc) is 2.27. The van der Waals surface area contributed by atoms with E-state index in [1.54, 1.807) is 18.2 Å². The summed E-state index contributed by atoms with van der Waals surface area (Å²) in [6, 6.07) is 7.92. The number of hydrogen-bond acceptors (Lipinski definition) is 4. The third-order valence-electron chi connectivity index (χ3n) is 2.45. The number of rotatable bonds is 4. The molecule has 0 amide bonds. The standard InChI is InChI=1S/C13H16O4S/c1-10(13(3,4)17-11(2)14)18(15,16)12-8-6-5-7-9-12/h5-9H,1H2,2-4H3. The molecular formula is C13H16O4S. The summed E-state index contributed by atoms with van der Waals surface area (Å²) < 4.78 is 29.5. The van der Waals surface area contributed by atoms with Crippen molar-refractivity contribution in [2.75, 3.05) is 0 Å². The largest absolute Gasteiger partial charge is 0.454 e. The topological polar surface area (TPSA) is 60.4 Å². The van der Waals surface area contributed by atoms with Gasteiger partial charge in [0.2, 0.25) is 9.84 Å². The monoisotopic (exact) mass is 268 g/mol. The lowest BCUT2D eigenvalue weighted by molar-refractivity contribution is -0.149. The number of carbonyl (C=O) groups is 1. The normalized spacial score (nSPS) is 11.9. The maximum absolute atomic E-state index is 12.3. The highest BCUT2D eigenvalue weighted by Crippen LogP contribution is 2.29. The minimum absolute atomic E-state index is 0.134. The molecule has 4 nitrogen and oxygen atoms in total. The van der Waals surface area contributed by atoms with Crippen molar-refractivity contribution < 1.29 is 17.9 Å². The molecule has 0 aliphatic carbocycles. The van der Waals surface area contributed by atoms with E-state index in [0.717, 1.165) is 0 Å². The summed E-state index contributed by atoms with van der Waals surface area (Å²) in [5.41, 5.74) is -1.26. The molecule has 1 aromatic rings. The van der Waals surface area contributed by atoms with Gasteiger partial charge in [0.1, 0.15) is 5.60 Å². The summed E-state index contributed by atoms with van der Waals surface area (Å²) in [5, 5.41) is 0. The molecule has 0 unspecified atom stereocenters. The molecular weight excluding hydrogens is 252 g/mol. The molecule has 0 bridgehead atoms. The van der Waals surface area contributed by atoms with Crippen molar-refractivity contribution >= 4 is 15.8 Å². The van der Waals surface area contributed by atoms with Crippen LogP contribution >= 0.6 is 0 Å². The van der Waals surface area contributed by atoms with Gasteiger partial charge in [-0.25, -0.2) is 8.42 Å². The van der Waals surface area contributed by atoms with Gasteiger partial charge in [-0.1, -0.05) is 24.8 Å². The molecule has 0 spiro atoms. The highest BCUT2D eigenvalue weighted by atomic mass is 32.2. The van der Waals surface area contributed by atoms with Crippen LogP contribution in [0.4, 0.5) is 0 Å². The smallest absolute Gasteiger partial charge is 0.303 e. The summed E-state index contributed by atoms with van der Waals surface area (Å²) >= 11 is 0. The molecule has 0 fully saturated rings. The molecule has 1 aromatic carbocycles. The van der Waals surface area contributed by atoms with Crippen LogP contribution in [-0.2, 0) is 19.4 Å². The molecule has 0 aliphatic rings. The number of sulfone groups is 1. The van der Waals surface area contributed by atoms with E-state index in [1.165, 1.54) is 32.9 Å². The van der Waals surface area contributed by atoms with Crippen LogP contribution in [0.1, 0.15) is 20.8 Å². The van der Waals surface area contributed by atoms with Gasteiger partial charge in [0.15, 0.2) is 0 Å². The second kappa shape index (κ2) is 4.94. The van der Waals surface area contributed by atoms with Crippen molar-refractivity contribution in [3.63, 3.8) is 0 Å². The molecule has 5 heteroatoms. The molecule has 0 atom stereocenters. The minimum Gasteiger partial charge on any atom is -0.454 e. The first-order valence-corrected chi connectivity index (χ1v) is 6.85. The third-order valence-corrected chi connectivity index (χ3v) is 4.48. The van der Waals surface area contributed by atoms with E-state index < -0.39 is 21.4 Å². The Morgan fingerprint density at radius 1 is 1.22 bits per heavy atom. The van der Waals surface area contributed by atoms with Crippen LogP contribution in [0.5, 0.6) is 0 Å². The highest BCUT2D eigenvalue weighted by Gasteiger charge is 2.35. The second-order valence-electron chi connectivity index (χ2n) is 4.34. The maximum Gasteiger partial charge on any atom is 0.303 e. The molecule has 0 heterocycles. The molecule has 0 N–H and O–H groups in total. The zero-order chi connectivity index (χ0) is 14.0. The van der Waals surface area contributed by atoms with E-state index in [1.807, 2.05) is 0 Å². The summed E-state index contributed by atoms with van der Waals surface area (Å²) in [5.74, 6) is -0.551. The Balaban J connectivity index is 3.15. The van der Waals surface area contributed by atoms with Gasteiger partial charge in [0, 0.05) is 6.92 Å². The van der Waals surface area contributed by atoms with E-state index in [0.29, 0.717) is 0 Å². The quantitative estimate of drug-likeness (QED) is 0.786. The molecule has 0 aromatic heterocycles. The number of benzene rings is 1. The predicted octanol–water partition coefficient (Wildman–Crippen LogP) is 2.32. The Kier molecular flexibility index (Phi) is 3.96. The fraction of sp³-hybridized carbons (Fsp3) is 0.308. The van der Waals surface area contributed by atoms with Crippen molar-refractivity contribution in [1.82, 2.24) is 0 Å². The Bertz CT molecular complexity index is 556. The van der Waals surface area contributed by atoms with Crippen molar-refractivity contribution in [1.29, 1.82) is 0 Å². The molecule has 0 saturated heterocycles. The molecule has 1 rings (SSSR count). The Hall–Kier alpha value is -1.62. The first kappa shape index (κ1) is 14.4. The highest BCUT2D eigenvalue weighted by molar-refractivity contribution is 7.95. The first-order valence-electron chi connectivity index (χ1n) is 5.37. The van der Waals surface area contributed by atoms with Gasteiger partial charge in [-0.15, -0.1) is 0 Å². The lowest BCUT2D eigenvalue weighted by Crippen LogP contribution is -2.32. The Labute approximate surface area is 107 Å². The van der Waals surface area contributed by atoms with E-state index in [9.17, 15) is 13.2 Å². The molecule has 0 aliphatic heterocycles. The third kappa shape index (κ3) is 2.98. The van der Waals surface area contributed by atoms with Gasteiger partial charge in [-0.3, -0.25) is 4.79 Å². The van der Waals surface area contributed by atoms with Gasteiger partial charge >= 0.3 is 5.97 Å². The van der Waals surface area contributed by atoms with Gasteiger partial charge in [0.25, 0.3) is 0 Å². The van der Waals surface area contributed by atoms with Crippen LogP contribution in [0, 0.1) is 0 Å². The van der Waals surface area contributed by atoms with Crippen molar-refractivity contribution in [3.05, 3.63) is 41.8 Å². The van der Waals surface area contributed by atoms with E-state index >= 15 is 0 Å². The van der Waals surface area contributed by atoms with Gasteiger partial charge in [-0.2, -0.15) is 0 Å². The van der Waals surface area contributed by atoms with Crippen molar-refractivity contribution in [3.8, 4) is 0 Å². The van der Waals surface area contributed by atoms with Gasteiger partial charge in [-0.05, 0) is 26.0 Å². The lowest BCUT2D eigenvalue weighted by Gasteiger charge is -2.26.